The van der Waals surface area contributed by atoms with Crippen LogP contribution in [0.4, 0.5) is 5.69 Å². The molecule has 0 saturated heterocycles. The van der Waals surface area contributed by atoms with Crippen LogP contribution in [0.1, 0.15) is 20.3 Å². The molecule has 0 saturated carbocycles. The van der Waals surface area contributed by atoms with Gasteiger partial charge in [0, 0.05) is 42.1 Å². The van der Waals surface area contributed by atoms with Crippen LogP contribution in [0, 0.1) is 0 Å². The number of nitrogens with one attached hydrogen (secondary N) is 1. The van der Waals surface area contributed by atoms with Crippen molar-refractivity contribution in [2.75, 3.05) is 18.1 Å². The fourth-order valence-corrected chi connectivity index (χ4v) is 3.28. The molecule has 6 nitrogen and oxygen atoms in total. The van der Waals surface area contributed by atoms with Crippen molar-refractivity contribution in [1.82, 2.24) is 4.57 Å². The Kier molecular flexibility index (Phi) is 6.59. The number of hydrogen-bond acceptors (Lipinski definition) is 5. The van der Waals surface area contributed by atoms with Gasteiger partial charge in [-0.25, -0.2) is 4.79 Å². The predicted molar refractivity (Wildman–Crippen MR) is 118 cm³/mol. The molecule has 0 radical (unpaired) electrons. The summed E-state index contributed by atoms with van der Waals surface area (Å²) in [5, 5.41) is 13.7. The van der Waals surface area contributed by atoms with Gasteiger partial charge >= 0.3 is 5.97 Å². The molecule has 0 aliphatic carbocycles. The zero-order valence-corrected chi connectivity index (χ0v) is 17.7. The smallest absolute Gasteiger partial charge is 0.347 e. The van der Waals surface area contributed by atoms with Gasteiger partial charge in [0.15, 0.2) is 5.60 Å². The Labute approximate surface area is 175 Å². The van der Waals surface area contributed by atoms with E-state index in [9.17, 15) is 4.79 Å². The second kappa shape index (κ2) is 9.13. The van der Waals surface area contributed by atoms with Gasteiger partial charge in [-0.15, -0.1) is 0 Å². The molecule has 2 aromatic carbocycles. The van der Waals surface area contributed by atoms with Gasteiger partial charge in [-0.05, 0) is 68.8 Å². The average Bonchev–Trinajstić information content (AvgIpc) is 3.09. The van der Waals surface area contributed by atoms with Crippen LogP contribution < -0.4 is 14.2 Å². The number of aryl methyl sites for hydroxylation is 1. The average molecular weight is 415 g/mol. The molecule has 0 unspecified atom stereocenters. The van der Waals surface area contributed by atoms with Crippen molar-refractivity contribution in [2.24, 2.45) is 0 Å². The standard InChI is InChI=1S/C22H26N2O4S/c1-22(2,21(25)26)27-18-7-5-17(6-8-18)23-12-4-13-24-14-11-16-15-19(28-29-3)9-10-20(16)24/h5-11,14-15,23H,4,12-13H2,1-3H3,(H,25,26). The monoisotopic (exact) mass is 414 g/mol. The van der Waals surface area contributed by atoms with E-state index in [1.165, 1.54) is 36.8 Å². The molecule has 0 fully saturated rings. The molecule has 3 rings (SSSR count). The summed E-state index contributed by atoms with van der Waals surface area (Å²) in [6, 6.07) is 15.6. The van der Waals surface area contributed by atoms with Crippen molar-refractivity contribution in [2.45, 2.75) is 32.4 Å². The molecule has 7 heteroatoms. The molecule has 29 heavy (non-hydrogen) atoms. The molecule has 2 N–H and O–H groups in total. The predicted octanol–water partition coefficient (Wildman–Crippen LogP) is 5.04. The Hall–Kier alpha value is -2.80. The van der Waals surface area contributed by atoms with Gasteiger partial charge in [-0.3, -0.25) is 0 Å². The van der Waals surface area contributed by atoms with E-state index in [-0.39, 0.29) is 0 Å². The lowest BCUT2D eigenvalue weighted by Crippen LogP contribution is -2.37. The number of benzene rings is 2. The van der Waals surface area contributed by atoms with Crippen LogP contribution in [-0.2, 0) is 11.3 Å². The summed E-state index contributed by atoms with van der Waals surface area (Å²) < 4.78 is 13.2. The molecule has 3 aromatic rings. The van der Waals surface area contributed by atoms with Gasteiger partial charge in [0.1, 0.15) is 11.5 Å². The summed E-state index contributed by atoms with van der Waals surface area (Å²) in [4.78, 5) is 11.1. The van der Waals surface area contributed by atoms with Gasteiger partial charge in [0.2, 0.25) is 0 Å². The topological polar surface area (TPSA) is 72.7 Å². The molecular weight excluding hydrogens is 388 g/mol. The van der Waals surface area contributed by atoms with E-state index < -0.39 is 11.6 Å². The summed E-state index contributed by atoms with van der Waals surface area (Å²) in [5.74, 6) is 0.403. The Morgan fingerprint density at radius 1 is 1.14 bits per heavy atom. The van der Waals surface area contributed by atoms with Gasteiger partial charge < -0.3 is 23.9 Å². The van der Waals surface area contributed by atoms with Crippen LogP contribution in [0.15, 0.2) is 54.7 Å². The summed E-state index contributed by atoms with van der Waals surface area (Å²) in [7, 11) is 0. The number of rotatable bonds is 10. The third-order valence-electron chi connectivity index (χ3n) is 4.57. The quantitative estimate of drug-likeness (QED) is 0.358. The lowest BCUT2D eigenvalue weighted by atomic mass is 10.1. The van der Waals surface area contributed by atoms with E-state index in [2.05, 4.69) is 34.3 Å². The molecule has 0 aliphatic heterocycles. The number of ether oxygens (including phenoxy) is 1. The highest BCUT2D eigenvalue weighted by Gasteiger charge is 2.29. The Morgan fingerprint density at radius 2 is 1.86 bits per heavy atom. The van der Waals surface area contributed by atoms with Crippen LogP contribution >= 0.6 is 12.0 Å². The van der Waals surface area contributed by atoms with Crippen LogP contribution in [0.2, 0.25) is 0 Å². The maximum atomic E-state index is 11.1. The fraction of sp³-hybridized carbons (Fsp3) is 0.318. The number of carboxylic acid groups (broad SMARTS) is 1. The van der Waals surface area contributed by atoms with E-state index in [0.717, 1.165) is 30.9 Å². The molecule has 0 bridgehead atoms. The molecule has 1 heterocycles. The summed E-state index contributed by atoms with van der Waals surface area (Å²) in [6.45, 7) is 4.80. The zero-order valence-electron chi connectivity index (χ0n) is 16.8. The number of nitrogens with zero attached hydrogens (tertiary/aromatic N) is 1. The summed E-state index contributed by atoms with van der Waals surface area (Å²) in [5.41, 5.74) is 0.916. The van der Waals surface area contributed by atoms with Gasteiger partial charge in [-0.2, -0.15) is 0 Å². The Bertz CT molecular complexity index is 967. The SMILES string of the molecule is CSOc1ccc2c(ccn2CCCNc2ccc(OC(C)(C)C(=O)O)cc2)c1. The minimum Gasteiger partial charge on any atom is -0.478 e. The van der Waals surface area contributed by atoms with Gasteiger partial charge in [0.05, 0.1) is 12.0 Å². The molecule has 0 aliphatic rings. The van der Waals surface area contributed by atoms with Crippen molar-refractivity contribution in [1.29, 1.82) is 0 Å². The molecule has 0 amide bonds. The number of fused-ring (bicyclic) bond motifs is 1. The molecule has 154 valence electrons. The number of aromatic nitrogens is 1. The minimum atomic E-state index is -1.25. The van der Waals surface area contributed by atoms with E-state index >= 15 is 0 Å². The van der Waals surface area contributed by atoms with Crippen molar-refractivity contribution >= 4 is 34.6 Å². The van der Waals surface area contributed by atoms with Crippen LogP contribution in [0.3, 0.4) is 0 Å². The number of anilines is 1. The summed E-state index contributed by atoms with van der Waals surface area (Å²) >= 11 is 1.34. The molecular formula is C22H26N2O4S. The van der Waals surface area contributed by atoms with E-state index in [1.807, 2.05) is 24.5 Å². The van der Waals surface area contributed by atoms with Crippen LogP contribution in [0.25, 0.3) is 10.9 Å². The van der Waals surface area contributed by atoms with Crippen LogP contribution in [0.5, 0.6) is 11.5 Å². The first-order valence-electron chi connectivity index (χ1n) is 9.45. The fourth-order valence-electron chi connectivity index (χ4n) is 2.98. The molecule has 0 atom stereocenters. The third kappa shape index (κ3) is 5.38. The van der Waals surface area contributed by atoms with Crippen molar-refractivity contribution in [3.63, 3.8) is 0 Å². The normalized spacial score (nSPS) is 11.4. The molecule has 1 aromatic heterocycles. The maximum absolute atomic E-state index is 11.1. The minimum absolute atomic E-state index is 0.534. The maximum Gasteiger partial charge on any atom is 0.347 e. The van der Waals surface area contributed by atoms with E-state index in [1.54, 1.807) is 12.1 Å². The zero-order chi connectivity index (χ0) is 20.9. The molecule has 0 spiro atoms. The van der Waals surface area contributed by atoms with Gasteiger partial charge in [0.25, 0.3) is 0 Å². The first-order chi connectivity index (χ1) is 13.9. The van der Waals surface area contributed by atoms with Crippen molar-refractivity contribution < 1.29 is 18.8 Å². The van der Waals surface area contributed by atoms with E-state index in [0.29, 0.717) is 5.75 Å². The first-order valence-corrected chi connectivity index (χ1v) is 10.6. The number of aliphatic carboxylic acids is 1. The Balaban J connectivity index is 1.49. The highest BCUT2D eigenvalue weighted by atomic mass is 32.2. The number of carboxylic acids is 1. The third-order valence-corrected chi connectivity index (χ3v) is 4.93. The van der Waals surface area contributed by atoms with E-state index in [4.69, 9.17) is 14.0 Å². The van der Waals surface area contributed by atoms with Crippen LogP contribution in [-0.4, -0.2) is 34.0 Å². The summed E-state index contributed by atoms with van der Waals surface area (Å²) in [6.07, 6.45) is 4.97. The number of hydrogen-bond donors (Lipinski definition) is 2. The largest absolute Gasteiger partial charge is 0.478 e. The highest BCUT2D eigenvalue weighted by molar-refractivity contribution is 7.94. The highest BCUT2D eigenvalue weighted by Crippen LogP contribution is 2.24. The van der Waals surface area contributed by atoms with Crippen molar-refractivity contribution in [3.8, 4) is 11.5 Å². The second-order valence-electron chi connectivity index (χ2n) is 7.20. The first kappa shape index (κ1) is 20.9. The lowest BCUT2D eigenvalue weighted by Gasteiger charge is -2.21. The van der Waals surface area contributed by atoms with Gasteiger partial charge in [-0.1, -0.05) is 0 Å². The van der Waals surface area contributed by atoms with Crippen molar-refractivity contribution in [3.05, 3.63) is 54.7 Å². The second-order valence-corrected chi connectivity index (χ2v) is 7.70. The lowest BCUT2D eigenvalue weighted by molar-refractivity contribution is -0.152. The number of carbonyl (C=O) groups is 1. The Morgan fingerprint density at radius 3 is 2.55 bits per heavy atom.